The maximum Gasteiger partial charge on any atom is 0.408 e. The molecular weight excluding hydrogens is 1250 g/mol. The number of ether oxygens (including phenoxy) is 7. The molecule has 0 spiro atoms. The van der Waals surface area contributed by atoms with Crippen molar-refractivity contribution in [2.24, 2.45) is 0 Å². The van der Waals surface area contributed by atoms with Crippen molar-refractivity contribution in [1.82, 2.24) is 41.9 Å². The summed E-state index contributed by atoms with van der Waals surface area (Å²) in [5.74, 6) is -2.97. The number of oxazole rings is 1. The minimum absolute atomic E-state index is 0.0508. The predicted octanol–water partition coefficient (Wildman–Crippen LogP) is 9.69. The Kier molecular flexibility index (Phi) is 28.9. The van der Waals surface area contributed by atoms with Crippen LogP contribution in [-0.4, -0.2) is 137 Å². The van der Waals surface area contributed by atoms with Crippen molar-refractivity contribution >= 4 is 77.3 Å². The highest BCUT2D eigenvalue weighted by atomic mass is 35.5. The molecule has 93 heavy (non-hydrogen) atoms. The zero-order valence-corrected chi connectivity index (χ0v) is 56.6. The lowest BCUT2D eigenvalue weighted by atomic mass is 9.97. The summed E-state index contributed by atoms with van der Waals surface area (Å²) < 4.78 is 44.5. The van der Waals surface area contributed by atoms with Crippen LogP contribution >= 0.6 is 23.4 Å². The molecule has 0 fully saturated rings. The first-order chi connectivity index (χ1) is 43.4. The van der Waals surface area contributed by atoms with Crippen LogP contribution in [0.5, 0.6) is 5.75 Å². The molecule has 2 aromatic carbocycles. The fourth-order valence-corrected chi connectivity index (χ4v) is 9.16. The second-order valence-corrected chi connectivity index (χ2v) is 26.7. The van der Waals surface area contributed by atoms with Gasteiger partial charge in [0.1, 0.15) is 100 Å². The van der Waals surface area contributed by atoms with E-state index in [1.807, 2.05) is 0 Å². The average molecular weight is 1330 g/mol. The van der Waals surface area contributed by atoms with Crippen LogP contribution in [0.4, 0.5) is 25.0 Å². The predicted molar refractivity (Wildman–Crippen MR) is 344 cm³/mol. The molecule has 0 saturated heterocycles. The molecule has 506 valence electrons. The molecule has 0 radical (unpaired) electrons. The van der Waals surface area contributed by atoms with Gasteiger partial charge < -0.3 is 75.2 Å². The first-order valence-electron chi connectivity index (χ1n) is 30.0. The third kappa shape index (κ3) is 28.2. The van der Waals surface area contributed by atoms with E-state index in [4.69, 9.17) is 54.9 Å². The highest BCUT2D eigenvalue weighted by Crippen LogP contribution is 2.37. The van der Waals surface area contributed by atoms with Crippen molar-refractivity contribution in [3.63, 3.8) is 0 Å². The Labute approximate surface area is 551 Å². The number of nitrogens with two attached hydrogens (primary N) is 1. The number of hydrogen-bond donors (Lipinski definition) is 7. The summed E-state index contributed by atoms with van der Waals surface area (Å²) in [6.07, 6.45) is -1.48. The highest BCUT2D eigenvalue weighted by Gasteiger charge is 2.32. The second kappa shape index (κ2) is 35.1. The van der Waals surface area contributed by atoms with Gasteiger partial charge in [0, 0.05) is 35.0 Å². The normalized spacial score (nSPS) is 13.1. The van der Waals surface area contributed by atoms with Crippen LogP contribution in [0.1, 0.15) is 152 Å². The Morgan fingerprint density at radius 2 is 1.06 bits per heavy atom. The number of thioether (sulfide) groups is 1. The number of halogens is 1. The molecule has 2 heterocycles. The van der Waals surface area contributed by atoms with Gasteiger partial charge in [-0.15, -0.1) is 0 Å². The van der Waals surface area contributed by atoms with Gasteiger partial charge in [-0.1, -0.05) is 35.5 Å². The smallest absolute Gasteiger partial charge is 0.408 e. The van der Waals surface area contributed by atoms with Gasteiger partial charge in [0.15, 0.2) is 6.10 Å². The first kappa shape index (κ1) is 76.4. The van der Waals surface area contributed by atoms with Gasteiger partial charge in [-0.2, -0.15) is 10.5 Å². The molecule has 6 amide bonds. The molecule has 5 atom stereocenters. The molecule has 27 nitrogen and oxygen atoms in total. The quantitative estimate of drug-likeness (QED) is 0.0115. The Morgan fingerprint density at radius 1 is 0.602 bits per heavy atom. The molecule has 29 heteroatoms. The molecule has 0 aliphatic carbocycles. The van der Waals surface area contributed by atoms with Crippen molar-refractivity contribution < 1.29 is 75.9 Å². The SMILES string of the molecule is C[C@H](NC(=O)[C@H](CCCCNC(=O)OC(C)(C)C)NC(=O)OC(C)(C)C)C(=O)OC[C@@H](COc1ccc(-c2c(C#N)c(N)nc(SCc3coc(-c4ccc(Cl)cc4)n3)c2C#N)cc1)OC(=O)[C@H](C)NC(=O)[C@H](CCCCNC(=O)OC(C)(C)C)NC(=O)OC(C)(C)C. The van der Waals surface area contributed by atoms with Gasteiger partial charge in [-0.3, -0.25) is 9.59 Å². The van der Waals surface area contributed by atoms with Crippen molar-refractivity contribution in [2.45, 2.75) is 199 Å². The Hall–Kier alpha value is -9.02. The fraction of sp³-hybridized carbons (Fsp3) is 0.531. The number of carbonyl (C=O) groups excluding carboxylic acids is 8. The molecule has 0 bridgehead atoms. The summed E-state index contributed by atoms with van der Waals surface area (Å²) in [5.41, 5.74) is 4.84. The molecule has 0 aliphatic heterocycles. The molecule has 4 rings (SSSR count). The van der Waals surface area contributed by atoms with Gasteiger partial charge in [0.05, 0.1) is 11.3 Å². The summed E-state index contributed by atoms with van der Waals surface area (Å²) in [4.78, 5) is 114. The van der Waals surface area contributed by atoms with E-state index >= 15 is 0 Å². The summed E-state index contributed by atoms with van der Waals surface area (Å²) in [6.45, 7) is 22.1. The fourth-order valence-electron chi connectivity index (χ4n) is 8.16. The van der Waals surface area contributed by atoms with Gasteiger partial charge >= 0.3 is 36.3 Å². The number of nitriles is 2. The number of nitrogens with one attached hydrogen (secondary N) is 6. The molecular formula is C64H86ClN11O16S. The maximum atomic E-state index is 14.0. The zero-order valence-electron chi connectivity index (χ0n) is 55.0. The van der Waals surface area contributed by atoms with Crippen LogP contribution in [0.2, 0.25) is 5.02 Å². The van der Waals surface area contributed by atoms with Crippen LogP contribution in [-0.2, 0) is 53.4 Å². The zero-order chi connectivity index (χ0) is 69.4. The monoisotopic (exact) mass is 1330 g/mol. The van der Waals surface area contributed by atoms with Crippen molar-refractivity contribution in [1.29, 1.82) is 10.5 Å². The minimum Gasteiger partial charge on any atom is -0.490 e. The maximum absolute atomic E-state index is 14.0. The summed E-state index contributed by atoms with van der Waals surface area (Å²) >= 11 is 7.20. The average Bonchev–Trinajstić information content (AvgIpc) is 0.957. The number of benzene rings is 2. The van der Waals surface area contributed by atoms with E-state index in [1.165, 1.54) is 32.2 Å². The summed E-state index contributed by atoms with van der Waals surface area (Å²) in [7, 11) is 0. The molecule has 0 saturated carbocycles. The number of anilines is 1. The lowest BCUT2D eigenvalue weighted by molar-refractivity contribution is -0.163. The van der Waals surface area contributed by atoms with E-state index in [0.29, 0.717) is 53.4 Å². The van der Waals surface area contributed by atoms with E-state index in [2.05, 4.69) is 54.0 Å². The van der Waals surface area contributed by atoms with Crippen molar-refractivity contribution in [2.75, 3.05) is 32.0 Å². The van der Waals surface area contributed by atoms with Crippen LogP contribution in [0.15, 0.2) is 64.2 Å². The highest BCUT2D eigenvalue weighted by molar-refractivity contribution is 7.98. The van der Waals surface area contributed by atoms with E-state index < -0.39 is 114 Å². The number of alkyl carbamates (subject to hydrolysis) is 4. The van der Waals surface area contributed by atoms with Crippen molar-refractivity contribution in [3.05, 3.63) is 76.6 Å². The number of amides is 6. The van der Waals surface area contributed by atoms with Crippen LogP contribution in [0.25, 0.3) is 22.6 Å². The molecule has 2 aromatic heterocycles. The number of unbranched alkanes of at least 4 members (excludes halogenated alkanes) is 2. The Bertz CT molecular complexity index is 3310. The molecule has 8 N–H and O–H groups in total. The minimum atomic E-state index is -1.41. The van der Waals surface area contributed by atoms with E-state index in [0.717, 1.165) is 11.8 Å². The van der Waals surface area contributed by atoms with Crippen LogP contribution in [0, 0.1) is 22.7 Å². The number of nitrogens with zero attached hydrogens (tertiary/aromatic N) is 4. The third-order valence-electron chi connectivity index (χ3n) is 12.3. The van der Waals surface area contributed by atoms with Gasteiger partial charge in [0.2, 0.25) is 17.7 Å². The lowest BCUT2D eigenvalue weighted by Crippen LogP contribution is -2.52. The molecule has 4 aromatic rings. The first-order valence-corrected chi connectivity index (χ1v) is 31.4. The number of aromatic nitrogens is 2. The molecule has 0 aliphatic rings. The topological polar surface area (TPSA) is 386 Å². The molecule has 0 unspecified atom stereocenters. The summed E-state index contributed by atoms with van der Waals surface area (Å²) in [5, 5.41) is 37.0. The number of nitrogen functional groups attached to an aromatic ring is 1. The lowest BCUT2D eigenvalue weighted by Gasteiger charge is -2.25. The number of pyridine rings is 1. The number of hydrogen-bond acceptors (Lipinski definition) is 22. The van der Waals surface area contributed by atoms with Crippen molar-refractivity contribution in [3.8, 4) is 40.5 Å². The Balaban J connectivity index is 1.56. The van der Waals surface area contributed by atoms with Gasteiger partial charge in [-0.25, -0.2) is 38.7 Å². The number of esters is 2. The van der Waals surface area contributed by atoms with E-state index in [-0.39, 0.29) is 65.0 Å². The third-order valence-corrected chi connectivity index (χ3v) is 13.6. The number of carbonyl (C=O) groups is 8. The standard InChI is InChI=1S/C64H86ClN11O16S/c1-37(71-51(77)47(74-59(83)91-63(9,10)11)19-15-17-29-69-57(81)89-61(3,4)5)55(79)87-35-44(88-56(80)38(2)72-52(78)48(75-60(84)92-64(12,13)14)20-16-18-30-70-58(82)90-62(6,7)8)34-85-43-27-23-39(24-28-43)49-45(31-66)50(68)76-54(46(49)32-67)93-36-42-33-86-53(73-42)40-21-25-41(65)26-22-40/h21-28,33,37-38,44,47-48H,15-20,29-30,34-36H2,1-14H3,(H2,68,76)(H,69,81)(H,70,82)(H,71,77)(H,72,78)(H,74,83)(H,75,84)/t37-,38-,44+,47-,48-/m0/s1. The Morgan fingerprint density at radius 3 is 1.54 bits per heavy atom. The second-order valence-electron chi connectivity index (χ2n) is 25.3. The van der Waals surface area contributed by atoms with Crippen LogP contribution < -0.4 is 42.4 Å². The van der Waals surface area contributed by atoms with Gasteiger partial charge in [-0.05, 0) is 177 Å². The van der Waals surface area contributed by atoms with E-state index in [1.54, 1.807) is 119 Å². The number of rotatable bonds is 29. The van der Waals surface area contributed by atoms with E-state index in [9.17, 15) is 48.9 Å². The summed E-state index contributed by atoms with van der Waals surface area (Å²) in [6, 6.07) is 12.1. The van der Waals surface area contributed by atoms with Gasteiger partial charge in [0.25, 0.3) is 0 Å². The van der Waals surface area contributed by atoms with Crippen LogP contribution in [0.3, 0.4) is 0 Å². The largest absolute Gasteiger partial charge is 0.490 e.